The minimum Gasteiger partial charge on any atom is -0.398 e. The highest BCUT2D eigenvalue weighted by Gasteiger charge is 2.28. The molecule has 1 fully saturated rings. The normalized spacial score (nSPS) is 15.1. The summed E-state index contributed by atoms with van der Waals surface area (Å²) in [7, 11) is 1.75. The zero-order valence-corrected chi connectivity index (χ0v) is 11.9. The molecule has 0 saturated heterocycles. The number of benzene rings is 1. The molecule has 4 heteroatoms. The van der Waals surface area contributed by atoms with Gasteiger partial charge in [0.1, 0.15) is 0 Å². The average molecular weight is 271 g/mol. The molecular weight excluding hydrogens is 250 g/mol. The van der Waals surface area contributed by atoms with Crippen molar-refractivity contribution in [1.82, 2.24) is 9.88 Å². The Kier molecular flexibility index (Phi) is 3.85. The minimum absolute atomic E-state index is 0.694. The largest absolute Gasteiger partial charge is 0.398 e. The summed E-state index contributed by atoms with van der Waals surface area (Å²) in [6, 6.07) is 10.7. The summed E-state index contributed by atoms with van der Waals surface area (Å²) in [5.41, 5.74) is 8.98. The molecule has 1 aromatic heterocycles. The first-order valence-corrected chi connectivity index (χ1v) is 7.15. The molecular formula is C16H21N3O. The van der Waals surface area contributed by atoms with Crippen LogP contribution in [0.25, 0.3) is 10.9 Å². The molecule has 1 aromatic carbocycles. The lowest BCUT2D eigenvalue weighted by atomic mass is 10.1. The Morgan fingerprint density at radius 3 is 2.90 bits per heavy atom. The molecule has 0 unspecified atom stereocenters. The third-order valence-electron chi connectivity index (χ3n) is 3.81. The van der Waals surface area contributed by atoms with Gasteiger partial charge in [0.05, 0.1) is 17.8 Å². The van der Waals surface area contributed by atoms with Gasteiger partial charge >= 0.3 is 0 Å². The Labute approximate surface area is 119 Å². The first-order chi connectivity index (χ1) is 9.78. The molecule has 0 atom stereocenters. The Bertz CT molecular complexity index is 595. The Morgan fingerprint density at radius 1 is 1.35 bits per heavy atom. The van der Waals surface area contributed by atoms with Crippen LogP contribution in [-0.4, -0.2) is 36.2 Å². The molecule has 2 aromatic rings. The number of hydrogen-bond acceptors (Lipinski definition) is 4. The van der Waals surface area contributed by atoms with Gasteiger partial charge in [-0.25, -0.2) is 0 Å². The van der Waals surface area contributed by atoms with Gasteiger partial charge in [-0.1, -0.05) is 18.2 Å². The zero-order chi connectivity index (χ0) is 13.9. The highest BCUT2D eigenvalue weighted by Crippen LogP contribution is 2.28. The van der Waals surface area contributed by atoms with Gasteiger partial charge in [-0.3, -0.25) is 9.88 Å². The van der Waals surface area contributed by atoms with E-state index in [0.717, 1.165) is 42.0 Å². The van der Waals surface area contributed by atoms with Crippen molar-refractivity contribution in [2.24, 2.45) is 0 Å². The number of nitrogens with zero attached hydrogens (tertiary/aromatic N) is 2. The smallest absolute Gasteiger partial charge is 0.0726 e. The number of aromatic nitrogens is 1. The van der Waals surface area contributed by atoms with E-state index in [-0.39, 0.29) is 0 Å². The van der Waals surface area contributed by atoms with E-state index in [4.69, 9.17) is 15.5 Å². The van der Waals surface area contributed by atoms with Gasteiger partial charge < -0.3 is 10.5 Å². The molecule has 0 bridgehead atoms. The van der Waals surface area contributed by atoms with Gasteiger partial charge in [0.15, 0.2) is 0 Å². The maximum atomic E-state index is 6.14. The third kappa shape index (κ3) is 2.92. The van der Waals surface area contributed by atoms with Crippen molar-refractivity contribution in [2.45, 2.75) is 25.4 Å². The number of nitrogen functional groups attached to an aromatic ring is 1. The topological polar surface area (TPSA) is 51.4 Å². The van der Waals surface area contributed by atoms with Crippen LogP contribution in [0.4, 0.5) is 5.69 Å². The molecule has 20 heavy (non-hydrogen) atoms. The van der Waals surface area contributed by atoms with Crippen LogP contribution in [-0.2, 0) is 11.3 Å². The number of fused-ring (bicyclic) bond motifs is 1. The van der Waals surface area contributed by atoms with Crippen LogP contribution >= 0.6 is 0 Å². The summed E-state index contributed by atoms with van der Waals surface area (Å²) >= 11 is 0. The van der Waals surface area contributed by atoms with Crippen LogP contribution in [0.15, 0.2) is 30.3 Å². The van der Waals surface area contributed by atoms with E-state index >= 15 is 0 Å². The van der Waals surface area contributed by atoms with Crippen molar-refractivity contribution in [3.63, 3.8) is 0 Å². The molecule has 1 aliphatic carbocycles. The average Bonchev–Trinajstić information content (AvgIpc) is 3.28. The second kappa shape index (κ2) is 5.77. The van der Waals surface area contributed by atoms with E-state index in [1.165, 1.54) is 12.8 Å². The van der Waals surface area contributed by atoms with Crippen LogP contribution in [0.1, 0.15) is 18.5 Å². The highest BCUT2D eigenvalue weighted by molar-refractivity contribution is 5.90. The van der Waals surface area contributed by atoms with Crippen LogP contribution in [0.3, 0.4) is 0 Å². The summed E-state index contributed by atoms with van der Waals surface area (Å²) in [5, 5.41) is 1.03. The van der Waals surface area contributed by atoms with Crippen molar-refractivity contribution in [1.29, 1.82) is 0 Å². The van der Waals surface area contributed by atoms with Gasteiger partial charge in [-0.2, -0.15) is 0 Å². The van der Waals surface area contributed by atoms with Crippen LogP contribution in [0, 0.1) is 0 Å². The first kappa shape index (κ1) is 13.3. The van der Waals surface area contributed by atoms with E-state index in [2.05, 4.69) is 4.90 Å². The van der Waals surface area contributed by atoms with E-state index < -0.39 is 0 Å². The van der Waals surface area contributed by atoms with Crippen molar-refractivity contribution in [3.8, 4) is 0 Å². The van der Waals surface area contributed by atoms with Crippen LogP contribution in [0.5, 0.6) is 0 Å². The van der Waals surface area contributed by atoms with Crippen LogP contribution < -0.4 is 5.73 Å². The summed E-state index contributed by atoms with van der Waals surface area (Å²) < 4.78 is 5.20. The predicted octanol–water partition coefficient (Wildman–Crippen LogP) is 2.43. The number of methoxy groups -OCH3 is 1. The molecule has 3 rings (SSSR count). The minimum atomic E-state index is 0.694. The SMILES string of the molecule is COCCN(Cc1cc(N)c2ccccc2n1)C1CC1. The molecule has 0 spiro atoms. The second-order valence-electron chi connectivity index (χ2n) is 5.41. The molecule has 0 amide bonds. The number of hydrogen-bond donors (Lipinski definition) is 1. The van der Waals surface area contributed by atoms with Gasteiger partial charge in [0.25, 0.3) is 0 Å². The van der Waals surface area contributed by atoms with E-state index in [1.807, 2.05) is 30.3 Å². The summed E-state index contributed by atoms with van der Waals surface area (Å²) in [6.45, 7) is 2.57. The molecule has 2 N–H and O–H groups in total. The number of rotatable bonds is 6. The summed E-state index contributed by atoms with van der Waals surface area (Å²) in [6.07, 6.45) is 2.57. The lowest BCUT2D eigenvalue weighted by molar-refractivity contribution is 0.139. The van der Waals surface area contributed by atoms with Crippen molar-refractivity contribution in [2.75, 3.05) is 26.0 Å². The maximum Gasteiger partial charge on any atom is 0.0726 e. The highest BCUT2D eigenvalue weighted by atomic mass is 16.5. The molecule has 1 saturated carbocycles. The monoisotopic (exact) mass is 271 g/mol. The van der Waals surface area contributed by atoms with Gasteiger partial charge in [0, 0.05) is 37.3 Å². The van der Waals surface area contributed by atoms with Crippen molar-refractivity contribution >= 4 is 16.6 Å². The Hall–Kier alpha value is -1.65. The molecule has 0 radical (unpaired) electrons. The number of nitrogens with two attached hydrogens (primary N) is 1. The lowest BCUT2D eigenvalue weighted by Crippen LogP contribution is -2.29. The van der Waals surface area contributed by atoms with Crippen molar-refractivity contribution < 1.29 is 4.74 Å². The zero-order valence-electron chi connectivity index (χ0n) is 11.9. The number of ether oxygens (including phenoxy) is 1. The fourth-order valence-corrected chi connectivity index (χ4v) is 2.59. The lowest BCUT2D eigenvalue weighted by Gasteiger charge is -2.21. The molecule has 0 aliphatic heterocycles. The quantitative estimate of drug-likeness (QED) is 0.876. The number of para-hydroxylation sites is 1. The van der Waals surface area contributed by atoms with Gasteiger partial charge in [-0.15, -0.1) is 0 Å². The van der Waals surface area contributed by atoms with Crippen LogP contribution in [0.2, 0.25) is 0 Å². The fraction of sp³-hybridized carbons (Fsp3) is 0.438. The Balaban J connectivity index is 1.82. The number of anilines is 1. The van der Waals surface area contributed by atoms with E-state index in [0.29, 0.717) is 6.04 Å². The van der Waals surface area contributed by atoms with Gasteiger partial charge in [-0.05, 0) is 25.0 Å². The maximum absolute atomic E-state index is 6.14. The van der Waals surface area contributed by atoms with E-state index in [1.54, 1.807) is 7.11 Å². The van der Waals surface area contributed by atoms with Crippen molar-refractivity contribution in [3.05, 3.63) is 36.0 Å². The molecule has 1 aliphatic rings. The molecule has 106 valence electrons. The predicted molar refractivity (Wildman–Crippen MR) is 81.5 cm³/mol. The third-order valence-corrected chi connectivity index (χ3v) is 3.81. The van der Waals surface area contributed by atoms with Gasteiger partial charge in [0.2, 0.25) is 0 Å². The molecule has 4 nitrogen and oxygen atoms in total. The van der Waals surface area contributed by atoms with E-state index in [9.17, 15) is 0 Å². The fourth-order valence-electron chi connectivity index (χ4n) is 2.59. The standard InChI is InChI=1S/C16H21N3O/c1-20-9-8-19(13-6-7-13)11-12-10-15(17)14-4-2-3-5-16(14)18-12/h2-5,10,13H,6-9,11H2,1H3,(H2,17,18). The second-order valence-corrected chi connectivity index (χ2v) is 5.41. The Morgan fingerprint density at radius 2 is 2.15 bits per heavy atom. The first-order valence-electron chi connectivity index (χ1n) is 7.15. The number of pyridine rings is 1. The molecule has 1 heterocycles. The summed E-state index contributed by atoms with van der Waals surface area (Å²) in [4.78, 5) is 7.18. The summed E-state index contributed by atoms with van der Waals surface area (Å²) in [5.74, 6) is 0.